The summed E-state index contributed by atoms with van der Waals surface area (Å²) in [4.78, 5) is 26.1. The molecule has 1 N–H and O–H groups in total. The Morgan fingerprint density at radius 3 is 2.69 bits per heavy atom. The maximum Gasteiger partial charge on any atom is 0.325 e. The molecule has 0 saturated carbocycles. The number of rotatable bonds is 4. The van der Waals surface area contributed by atoms with E-state index >= 15 is 0 Å². The molecule has 0 radical (unpaired) electrons. The smallest absolute Gasteiger partial charge is 0.325 e. The number of urea groups is 1. The zero-order valence-electron chi connectivity index (χ0n) is 13.7. The molecule has 0 bridgehead atoms. The minimum absolute atomic E-state index is 0.0262. The summed E-state index contributed by atoms with van der Waals surface area (Å²) >= 11 is 5.88. The van der Waals surface area contributed by atoms with E-state index in [2.05, 4.69) is 10.5 Å². The fourth-order valence-electron chi connectivity index (χ4n) is 2.87. The lowest BCUT2D eigenvalue weighted by atomic mass is 9.99. The summed E-state index contributed by atoms with van der Waals surface area (Å²) in [6, 6.07) is 11.6. The Labute approximate surface area is 153 Å². The van der Waals surface area contributed by atoms with Crippen LogP contribution in [-0.4, -0.2) is 22.0 Å². The fourth-order valence-corrected chi connectivity index (χ4v) is 3.00. The van der Waals surface area contributed by atoms with Crippen LogP contribution in [0.25, 0.3) is 11.3 Å². The molecule has 8 heteroatoms. The number of halogens is 1. The number of amides is 3. The third kappa shape index (κ3) is 2.66. The monoisotopic (exact) mass is 371 g/mol. The van der Waals surface area contributed by atoms with Crippen molar-refractivity contribution in [2.75, 3.05) is 0 Å². The Kier molecular flexibility index (Phi) is 3.81. The third-order valence-corrected chi connectivity index (χ3v) is 4.55. The summed E-state index contributed by atoms with van der Waals surface area (Å²) in [5, 5.41) is 7.27. The second kappa shape index (κ2) is 6.03. The highest BCUT2D eigenvalue weighted by molar-refractivity contribution is 6.30. The summed E-state index contributed by atoms with van der Waals surface area (Å²) in [6.07, 6.45) is 1.46. The van der Waals surface area contributed by atoms with E-state index in [1.54, 1.807) is 37.3 Å². The van der Waals surface area contributed by atoms with E-state index in [1.165, 1.54) is 6.26 Å². The molecule has 0 aliphatic carbocycles. The maximum absolute atomic E-state index is 12.8. The summed E-state index contributed by atoms with van der Waals surface area (Å²) in [7, 11) is 0. The number of nitrogens with one attached hydrogen (secondary N) is 1. The maximum atomic E-state index is 12.8. The SMILES string of the molecule is CC1(c2ccco2)NC(=O)N(Cc2cc(-c3ccc(Cl)cc3)no2)C1=O. The predicted molar refractivity (Wildman–Crippen MR) is 92.1 cm³/mol. The highest BCUT2D eigenvalue weighted by Gasteiger charge is 2.51. The number of nitrogens with zero attached hydrogens (tertiary/aromatic N) is 2. The molecule has 1 atom stereocenters. The molecule has 1 saturated heterocycles. The zero-order valence-corrected chi connectivity index (χ0v) is 14.5. The van der Waals surface area contributed by atoms with E-state index in [1.807, 2.05) is 12.1 Å². The van der Waals surface area contributed by atoms with Gasteiger partial charge in [0.05, 0.1) is 12.8 Å². The van der Waals surface area contributed by atoms with Gasteiger partial charge in [0.15, 0.2) is 11.3 Å². The van der Waals surface area contributed by atoms with E-state index in [0.717, 1.165) is 10.5 Å². The number of carbonyl (C=O) groups is 2. The van der Waals surface area contributed by atoms with Crippen LogP contribution < -0.4 is 5.32 Å². The predicted octanol–water partition coefficient (Wildman–Crippen LogP) is 3.56. The van der Waals surface area contributed by atoms with Gasteiger partial charge in [0.2, 0.25) is 0 Å². The van der Waals surface area contributed by atoms with Crippen LogP contribution in [0.5, 0.6) is 0 Å². The molecule has 1 unspecified atom stereocenters. The normalized spacial score (nSPS) is 19.8. The van der Waals surface area contributed by atoms with Gasteiger partial charge in [0.25, 0.3) is 5.91 Å². The molecule has 4 rings (SSSR count). The first-order chi connectivity index (χ1) is 12.5. The molecular formula is C18H14ClN3O4. The van der Waals surface area contributed by atoms with Crippen molar-refractivity contribution in [1.29, 1.82) is 0 Å². The first-order valence-electron chi connectivity index (χ1n) is 7.87. The van der Waals surface area contributed by atoms with Crippen molar-refractivity contribution in [3.63, 3.8) is 0 Å². The lowest BCUT2D eigenvalue weighted by Gasteiger charge is -2.18. The number of carbonyl (C=O) groups excluding carboxylic acids is 2. The van der Waals surface area contributed by atoms with Crippen LogP contribution >= 0.6 is 11.6 Å². The van der Waals surface area contributed by atoms with Gasteiger partial charge in [-0.3, -0.25) is 9.69 Å². The second-order valence-corrected chi connectivity index (χ2v) is 6.55. The first kappa shape index (κ1) is 16.4. The lowest BCUT2D eigenvalue weighted by molar-refractivity contribution is -0.132. The topological polar surface area (TPSA) is 88.6 Å². The number of furan rings is 1. The van der Waals surface area contributed by atoms with E-state index in [-0.39, 0.29) is 6.54 Å². The average molecular weight is 372 g/mol. The second-order valence-electron chi connectivity index (χ2n) is 6.11. The molecule has 26 heavy (non-hydrogen) atoms. The summed E-state index contributed by atoms with van der Waals surface area (Å²) in [5.41, 5.74) is 0.180. The molecule has 1 fully saturated rings. The van der Waals surface area contributed by atoms with Crippen LogP contribution in [0.3, 0.4) is 0 Å². The van der Waals surface area contributed by atoms with Gasteiger partial charge in [-0.05, 0) is 31.2 Å². The van der Waals surface area contributed by atoms with E-state index in [9.17, 15) is 9.59 Å². The molecular weight excluding hydrogens is 358 g/mol. The minimum atomic E-state index is -1.24. The molecule has 3 aromatic rings. The van der Waals surface area contributed by atoms with Crippen molar-refractivity contribution >= 4 is 23.5 Å². The molecule has 0 spiro atoms. The van der Waals surface area contributed by atoms with Crippen LogP contribution in [0.15, 0.2) is 57.7 Å². The van der Waals surface area contributed by atoms with Crippen molar-refractivity contribution in [3.05, 3.63) is 65.3 Å². The van der Waals surface area contributed by atoms with Crippen molar-refractivity contribution in [1.82, 2.24) is 15.4 Å². The van der Waals surface area contributed by atoms with Crippen molar-refractivity contribution in [2.24, 2.45) is 0 Å². The highest BCUT2D eigenvalue weighted by Crippen LogP contribution is 2.30. The average Bonchev–Trinajstić information content (AvgIpc) is 3.34. The molecule has 1 aliphatic rings. The number of aromatic nitrogens is 1. The van der Waals surface area contributed by atoms with Crippen LogP contribution in [-0.2, 0) is 16.9 Å². The van der Waals surface area contributed by atoms with Gasteiger partial charge in [0.1, 0.15) is 11.5 Å². The standard InChI is InChI=1S/C18H14ClN3O4/c1-18(15-3-2-8-25-15)16(23)22(17(24)20-18)10-13-9-14(21-26-13)11-4-6-12(19)7-5-11/h2-9H,10H2,1H3,(H,20,24). The Hall–Kier alpha value is -3.06. The third-order valence-electron chi connectivity index (χ3n) is 4.30. The van der Waals surface area contributed by atoms with Gasteiger partial charge in [-0.2, -0.15) is 0 Å². The highest BCUT2D eigenvalue weighted by atomic mass is 35.5. The number of imide groups is 1. The Morgan fingerprint density at radius 1 is 1.23 bits per heavy atom. The van der Waals surface area contributed by atoms with Crippen LogP contribution in [0.4, 0.5) is 4.79 Å². The van der Waals surface area contributed by atoms with E-state index in [4.69, 9.17) is 20.5 Å². The van der Waals surface area contributed by atoms with Gasteiger partial charge >= 0.3 is 6.03 Å². The van der Waals surface area contributed by atoms with Gasteiger partial charge < -0.3 is 14.3 Å². The molecule has 7 nitrogen and oxygen atoms in total. The van der Waals surface area contributed by atoms with Crippen molar-refractivity contribution in [2.45, 2.75) is 19.0 Å². The summed E-state index contributed by atoms with van der Waals surface area (Å²) < 4.78 is 10.6. The molecule has 3 amide bonds. The van der Waals surface area contributed by atoms with Crippen LogP contribution in [0, 0.1) is 0 Å². The van der Waals surface area contributed by atoms with E-state index in [0.29, 0.717) is 22.2 Å². The number of hydrogen-bond donors (Lipinski definition) is 1. The quantitative estimate of drug-likeness (QED) is 0.708. The van der Waals surface area contributed by atoms with Gasteiger partial charge in [0, 0.05) is 16.7 Å². The van der Waals surface area contributed by atoms with Gasteiger partial charge in [-0.1, -0.05) is 28.9 Å². The van der Waals surface area contributed by atoms with Crippen molar-refractivity contribution in [3.8, 4) is 11.3 Å². The molecule has 3 heterocycles. The van der Waals surface area contributed by atoms with Crippen LogP contribution in [0.1, 0.15) is 18.4 Å². The first-order valence-corrected chi connectivity index (χ1v) is 8.25. The largest absolute Gasteiger partial charge is 0.466 e. The Bertz CT molecular complexity index is 965. The summed E-state index contributed by atoms with van der Waals surface area (Å²) in [6.45, 7) is 1.58. The fraction of sp³-hybridized carbons (Fsp3) is 0.167. The minimum Gasteiger partial charge on any atom is -0.466 e. The van der Waals surface area contributed by atoms with Crippen molar-refractivity contribution < 1.29 is 18.5 Å². The lowest BCUT2D eigenvalue weighted by Crippen LogP contribution is -2.40. The molecule has 2 aromatic heterocycles. The number of benzene rings is 1. The van der Waals surface area contributed by atoms with E-state index < -0.39 is 17.5 Å². The number of hydrogen-bond acceptors (Lipinski definition) is 5. The zero-order chi connectivity index (χ0) is 18.3. The van der Waals surface area contributed by atoms with Gasteiger partial charge in [-0.25, -0.2) is 4.79 Å². The Balaban J connectivity index is 1.55. The Morgan fingerprint density at radius 2 is 2.00 bits per heavy atom. The summed E-state index contributed by atoms with van der Waals surface area (Å²) in [5.74, 6) is 0.349. The molecule has 132 valence electrons. The molecule has 1 aliphatic heterocycles. The van der Waals surface area contributed by atoms with Gasteiger partial charge in [-0.15, -0.1) is 0 Å². The molecule has 1 aromatic carbocycles. The van der Waals surface area contributed by atoms with Crippen LogP contribution in [0.2, 0.25) is 5.02 Å².